The molecule has 1 atom stereocenters. The molecule has 0 fully saturated rings. The van der Waals surface area contributed by atoms with E-state index in [0.717, 1.165) is 11.3 Å². The summed E-state index contributed by atoms with van der Waals surface area (Å²) in [5.41, 5.74) is 1.63. The first kappa shape index (κ1) is 12.0. The maximum absolute atomic E-state index is 11.1. The summed E-state index contributed by atoms with van der Waals surface area (Å²) in [4.78, 5) is 11.1. The standard InChI is InChI=1S/C14H18O3/c1-9-4-5-12-11(6-9)10(8-17-12)7-14(2,3)13(15)16/h4-6,10H,7-8H2,1-3H3,(H,15,16). The van der Waals surface area contributed by atoms with Crippen LogP contribution in [-0.2, 0) is 4.79 Å². The Morgan fingerprint density at radius 1 is 1.53 bits per heavy atom. The Kier molecular flexibility index (Phi) is 2.86. The molecule has 0 spiro atoms. The Bertz CT molecular complexity index is 449. The van der Waals surface area contributed by atoms with Crippen LogP contribution >= 0.6 is 0 Å². The van der Waals surface area contributed by atoms with E-state index in [1.54, 1.807) is 13.8 Å². The van der Waals surface area contributed by atoms with Crippen LogP contribution in [0.1, 0.15) is 37.3 Å². The first-order valence-electron chi connectivity index (χ1n) is 5.87. The predicted molar refractivity (Wildman–Crippen MR) is 65.4 cm³/mol. The van der Waals surface area contributed by atoms with E-state index in [9.17, 15) is 4.79 Å². The van der Waals surface area contributed by atoms with Gasteiger partial charge in [0.05, 0.1) is 12.0 Å². The number of benzene rings is 1. The van der Waals surface area contributed by atoms with Crippen molar-refractivity contribution in [3.05, 3.63) is 29.3 Å². The van der Waals surface area contributed by atoms with Crippen molar-refractivity contribution in [3.8, 4) is 5.75 Å². The van der Waals surface area contributed by atoms with E-state index < -0.39 is 11.4 Å². The van der Waals surface area contributed by atoms with Gasteiger partial charge in [-0.15, -0.1) is 0 Å². The van der Waals surface area contributed by atoms with Gasteiger partial charge in [-0.1, -0.05) is 17.7 Å². The second-order valence-corrected chi connectivity index (χ2v) is 5.44. The van der Waals surface area contributed by atoms with Crippen molar-refractivity contribution in [2.24, 2.45) is 5.41 Å². The lowest BCUT2D eigenvalue weighted by Gasteiger charge is -2.22. The minimum atomic E-state index is -0.751. The van der Waals surface area contributed by atoms with Crippen LogP contribution in [0.3, 0.4) is 0 Å². The van der Waals surface area contributed by atoms with Crippen LogP contribution in [-0.4, -0.2) is 17.7 Å². The first-order chi connectivity index (χ1) is 7.90. The zero-order valence-corrected chi connectivity index (χ0v) is 10.5. The van der Waals surface area contributed by atoms with Gasteiger partial charge < -0.3 is 9.84 Å². The van der Waals surface area contributed by atoms with Crippen molar-refractivity contribution >= 4 is 5.97 Å². The highest BCUT2D eigenvalue weighted by atomic mass is 16.5. The van der Waals surface area contributed by atoms with Crippen molar-refractivity contribution in [1.29, 1.82) is 0 Å². The number of ether oxygens (including phenoxy) is 1. The maximum atomic E-state index is 11.1. The highest BCUT2D eigenvalue weighted by Crippen LogP contribution is 2.41. The summed E-state index contributed by atoms with van der Waals surface area (Å²) in [6.07, 6.45) is 0.610. The van der Waals surface area contributed by atoms with Crippen LogP contribution in [0.5, 0.6) is 5.75 Å². The fourth-order valence-electron chi connectivity index (χ4n) is 2.27. The quantitative estimate of drug-likeness (QED) is 0.874. The highest BCUT2D eigenvalue weighted by molar-refractivity contribution is 5.73. The van der Waals surface area contributed by atoms with Crippen LogP contribution in [0.2, 0.25) is 0 Å². The maximum Gasteiger partial charge on any atom is 0.309 e. The molecule has 1 aliphatic rings. The molecule has 1 unspecified atom stereocenters. The van der Waals surface area contributed by atoms with Crippen LogP contribution < -0.4 is 4.74 Å². The average Bonchev–Trinajstić information content (AvgIpc) is 2.60. The monoisotopic (exact) mass is 234 g/mol. The fraction of sp³-hybridized carbons (Fsp3) is 0.500. The van der Waals surface area contributed by atoms with Crippen LogP contribution in [0, 0.1) is 12.3 Å². The van der Waals surface area contributed by atoms with Crippen molar-refractivity contribution < 1.29 is 14.6 Å². The molecular weight excluding hydrogens is 216 g/mol. The Morgan fingerprint density at radius 2 is 2.24 bits per heavy atom. The van der Waals surface area contributed by atoms with Gasteiger partial charge in [0.1, 0.15) is 5.75 Å². The molecule has 3 heteroatoms. The lowest BCUT2D eigenvalue weighted by molar-refractivity contribution is -0.147. The number of hydrogen-bond donors (Lipinski definition) is 1. The summed E-state index contributed by atoms with van der Waals surface area (Å²) in [6, 6.07) is 6.09. The second kappa shape index (κ2) is 4.06. The summed E-state index contributed by atoms with van der Waals surface area (Å²) < 4.78 is 5.60. The average molecular weight is 234 g/mol. The summed E-state index contributed by atoms with van der Waals surface area (Å²) in [6.45, 7) is 6.17. The number of rotatable bonds is 3. The van der Waals surface area contributed by atoms with Gasteiger partial charge >= 0.3 is 5.97 Å². The van der Waals surface area contributed by atoms with Crippen molar-refractivity contribution in [3.63, 3.8) is 0 Å². The van der Waals surface area contributed by atoms with Crippen LogP contribution in [0.25, 0.3) is 0 Å². The lowest BCUT2D eigenvalue weighted by atomic mass is 9.80. The molecule has 0 bridgehead atoms. The molecule has 1 heterocycles. The SMILES string of the molecule is Cc1ccc2c(c1)C(CC(C)(C)C(=O)O)CO2. The van der Waals surface area contributed by atoms with E-state index in [-0.39, 0.29) is 5.92 Å². The van der Waals surface area contributed by atoms with Gasteiger partial charge in [0, 0.05) is 11.5 Å². The van der Waals surface area contributed by atoms with Gasteiger partial charge in [-0.05, 0) is 33.3 Å². The van der Waals surface area contributed by atoms with E-state index in [2.05, 4.69) is 6.07 Å². The number of hydrogen-bond acceptors (Lipinski definition) is 2. The van der Waals surface area contributed by atoms with Gasteiger partial charge in [-0.3, -0.25) is 4.79 Å². The first-order valence-corrected chi connectivity index (χ1v) is 5.87. The Balaban J connectivity index is 2.23. The molecule has 0 saturated carbocycles. The Labute approximate surface area is 101 Å². The smallest absolute Gasteiger partial charge is 0.309 e. The van der Waals surface area contributed by atoms with Gasteiger partial charge in [-0.25, -0.2) is 0 Å². The molecule has 0 aromatic heterocycles. The third kappa shape index (κ3) is 2.28. The number of carbonyl (C=O) groups is 1. The third-order valence-corrected chi connectivity index (χ3v) is 3.38. The van der Waals surface area contributed by atoms with Crippen molar-refractivity contribution in [2.45, 2.75) is 33.1 Å². The molecule has 1 aromatic rings. The summed E-state index contributed by atoms with van der Waals surface area (Å²) in [7, 11) is 0. The molecule has 92 valence electrons. The molecule has 1 aromatic carbocycles. The minimum absolute atomic E-state index is 0.191. The van der Waals surface area contributed by atoms with E-state index in [1.165, 1.54) is 5.56 Å². The molecule has 3 nitrogen and oxygen atoms in total. The zero-order chi connectivity index (χ0) is 12.6. The molecule has 0 radical (unpaired) electrons. The topological polar surface area (TPSA) is 46.5 Å². The molecular formula is C14H18O3. The zero-order valence-electron chi connectivity index (χ0n) is 10.5. The summed E-state index contributed by atoms with van der Waals surface area (Å²) >= 11 is 0. The van der Waals surface area contributed by atoms with Crippen LogP contribution in [0.15, 0.2) is 18.2 Å². The van der Waals surface area contributed by atoms with Gasteiger partial charge in [-0.2, -0.15) is 0 Å². The molecule has 1 N–H and O–H groups in total. The molecule has 0 saturated heterocycles. The highest BCUT2D eigenvalue weighted by Gasteiger charge is 2.35. The number of aliphatic carboxylic acids is 1. The van der Waals surface area contributed by atoms with E-state index >= 15 is 0 Å². The molecule has 0 amide bonds. The number of aryl methyl sites for hydroxylation is 1. The lowest BCUT2D eigenvalue weighted by Crippen LogP contribution is -2.26. The van der Waals surface area contributed by atoms with Crippen molar-refractivity contribution in [2.75, 3.05) is 6.61 Å². The Morgan fingerprint density at radius 3 is 2.88 bits per heavy atom. The number of fused-ring (bicyclic) bond motifs is 1. The Hall–Kier alpha value is -1.51. The number of carboxylic acids is 1. The van der Waals surface area contributed by atoms with Gasteiger partial charge in [0.2, 0.25) is 0 Å². The number of carboxylic acid groups (broad SMARTS) is 1. The molecule has 2 rings (SSSR count). The minimum Gasteiger partial charge on any atom is -0.493 e. The largest absolute Gasteiger partial charge is 0.493 e. The van der Waals surface area contributed by atoms with Gasteiger partial charge in [0.25, 0.3) is 0 Å². The van der Waals surface area contributed by atoms with E-state index in [1.807, 2.05) is 19.1 Å². The summed E-state index contributed by atoms with van der Waals surface area (Å²) in [5, 5.41) is 9.16. The molecule has 17 heavy (non-hydrogen) atoms. The third-order valence-electron chi connectivity index (χ3n) is 3.38. The van der Waals surface area contributed by atoms with Gasteiger partial charge in [0.15, 0.2) is 0 Å². The molecule has 0 aliphatic carbocycles. The normalized spacial score (nSPS) is 18.6. The van der Waals surface area contributed by atoms with E-state index in [4.69, 9.17) is 9.84 Å². The predicted octanol–water partition coefficient (Wildman–Crippen LogP) is 2.97. The molecule has 1 aliphatic heterocycles. The summed E-state index contributed by atoms with van der Waals surface area (Å²) in [5.74, 6) is 0.344. The second-order valence-electron chi connectivity index (χ2n) is 5.44. The van der Waals surface area contributed by atoms with E-state index in [0.29, 0.717) is 13.0 Å². The van der Waals surface area contributed by atoms with Crippen LogP contribution in [0.4, 0.5) is 0 Å². The van der Waals surface area contributed by atoms with Crippen molar-refractivity contribution in [1.82, 2.24) is 0 Å². The fourth-order valence-corrected chi connectivity index (χ4v) is 2.27.